The SMILES string of the molecule is c1ccc(S2(c3ccccc3)c3ccc[n+]4c3-n3c5c2cccc5c2ccc5c(c23)C42c3c(ccc4c6ccccc6n(c34)-c3cccc[n+]32)O5)cc1. The van der Waals surface area contributed by atoms with Crippen molar-refractivity contribution in [2.24, 2.45) is 0 Å². The number of benzene rings is 6. The fourth-order valence-corrected chi connectivity index (χ4v) is 14.8. The topological polar surface area (TPSA) is 26.8 Å². The number of rotatable bonds is 2. The van der Waals surface area contributed by atoms with Gasteiger partial charge in [-0.15, -0.1) is 10.0 Å². The lowest BCUT2D eigenvalue weighted by molar-refractivity contribution is -0.968. The van der Waals surface area contributed by atoms with Crippen LogP contribution in [-0.4, -0.2) is 9.13 Å². The minimum absolute atomic E-state index is 0.783. The van der Waals surface area contributed by atoms with Crippen molar-refractivity contribution in [3.8, 4) is 23.1 Å². The molecular formula is C47H28N4OS+2. The summed E-state index contributed by atoms with van der Waals surface area (Å²) in [5.74, 6) is 4.14. The van der Waals surface area contributed by atoms with Gasteiger partial charge in [0.25, 0.3) is 5.82 Å². The van der Waals surface area contributed by atoms with Gasteiger partial charge in [-0.25, -0.2) is 0 Å². The molecule has 1 unspecified atom stereocenters. The molecule has 0 saturated carbocycles. The van der Waals surface area contributed by atoms with Gasteiger partial charge in [0.15, 0.2) is 16.6 Å². The molecule has 0 amide bonds. The number of nitrogens with zero attached hydrogens (tertiary/aromatic N) is 4. The predicted octanol–water partition coefficient (Wildman–Crippen LogP) is 10.1. The van der Waals surface area contributed by atoms with Crippen LogP contribution in [0.2, 0.25) is 0 Å². The first kappa shape index (κ1) is 27.1. The Kier molecular flexibility index (Phi) is 4.53. The molecule has 5 nitrogen and oxygen atoms in total. The normalized spacial score (nSPS) is 18.0. The van der Waals surface area contributed by atoms with Gasteiger partial charge in [0.1, 0.15) is 28.1 Å². The Morgan fingerprint density at radius 1 is 0.453 bits per heavy atom. The van der Waals surface area contributed by atoms with Gasteiger partial charge in [-0.05, 0) is 91.0 Å². The summed E-state index contributed by atoms with van der Waals surface area (Å²) in [6.45, 7) is 0. The summed E-state index contributed by atoms with van der Waals surface area (Å²) >= 11 is 0. The molecule has 1 atom stereocenters. The highest BCUT2D eigenvalue weighted by Gasteiger charge is 2.66. The molecule has 0 radical (unpaired) electrons. The average Bonchev–Trinajstić information content (AvgIpc) is 3.75. The quantitative estimate of drug-likeness (QED) is 0.165. The molecular weight excluding hydrogens is 669 g/mol. The number of fused-ring (bicyclic) bond motifs is 6. The molecule has 1 spiro atoms. The van der Waals surface area contributed by atoms with Crippen LogP contribution in [0.5, 0.6) is 11.5 Å². The molecule has 246 valence electrons. The second kappa shape index (κ2) is 8.87. The Labute approximate surface area is 305 Å². The lowest BCUT2D eigenvalue weighted by Crippen LogP contribution is -2.79. The van der Waals surface area contributed by atoms with Crippen LogP contribution in [0.3, 0.4) is 0 Å². The van der Waals surface area contributed by atoms with Gasteiger partial charge < -0.3 is 4.74 Å². The van der Waals surface area contributed by atoms with E-state index in [1.165, 1.54) is 80.1 Å². The van der Waals surface area contributed by atoms with Gasteiger partial charge in [-0.1, -0.05) is 60.7 Å². The smallest absolute Gasteiger partial charge is 0.321 e. The van der Waals surface area contributed by atoms with Crippen molar-refractivity contribution in [3.63, 3.8) is 0 Å². The summed E-state index contributed by atoms with van der Waals surface area (Å²) < 4.78 is 17.3. The van der Waals surface area contributed by atoms with Crippen LogP contribution in [0.4, 0.5) is 0 Å². The lowest BCUT2D eigenvalue weighted by Gasteiger charge is -2.46. The average molecular weight is 697 g/mol. The zero-order valence-electron chi connectivity index (χ0n) is 28.3. The van der Waals surface area contributed by atoms with E-state index in [9.17, 15) is 0 Å². The summed E-state index contributed by atoms with van der Waals surface area (Å²) in [6, 6.07) is 58.7. The van der Waals surface area contributed by atoms with Crippen molar-refractivity contribution >= 4 is 53.6 Å². The van der Waals surface area contributed by atoms with Crippen LogP contribution in [0.25, 0.3) is 55.2 Å². The number of hydrogen-bond acceptors (Lipinski definition) is 1. The van der Waals surface area contributed by atoms with Gasteiger partial charge in [0.2, 0.25) is 0 Å². The van der Waals surface area contributed by atoms with Crippen LogP contribution in [-0.2, 0) is 5.66 Å². The standard InChI is InChI=1S/C47H28N4OS/c1-3-13-29(14-4-1)53(30-15-5-2-6-16-30)38-20-11-18-32-34-24-26-37-42-45(34)51(43(32)38)46-39(53)21-12-28-49(46)47(42)41-36(52-37)25-23-33-31-17-7-8-19-35(31)50(44(33)41)40-22-9-10-27-48(40)47/h1-28H/q+2. The Hall–Kier alpha value is -6.63. The second-order valence-corrected chi connectivity index (χ2v) is 17.6. The third kappa shape index (κ3) is 2.71. The monoisotopic (exact) mass is 696 g/mol. The highest BCUT2D eigenvalue weighted by atomic mass is 32.3. The van der Waals surface area contributed by atoms with Crippen molar-refractivity contribution in [1.29, 1.82) is 0 Å². The molecule has 4 aromatic heterocycles. The minimum atomic E-state index is -1.97. The number of pyridine rings is 2. The molecule has 6 heteroatoms. The summed E-state index contributed by atoms with van der Waals surface area (Å²) in [4.78, 5) is 5.37. The zero-order valence-corrected chi connectivity index (χ0v) is 29.1. The molecule has 0 bridgehead atoms. The van der Waals surface area contributed by atoms with Gasteiger partial charge in [-0.2, -0.15) is 18.3 Å². The highest BCUT2D eigenvalue weighted by Crippen LogP contribution is 2.77. The molecule has 0 N–H and O–H groups in total. The Balaban J connectivity index is 1.30. The maximum Gasteiger partial charge on any atom is 0.321 e. The predicted molar refractivity (Wildman–Crippen MR) is 207 cm³/mol. The van der Waals surface area contributed by atoms with E-state index in [0.717, 1.165) is 17.3 Å². The van der Waals surface area contributed by atoms with E-state index in [1.54, 1.807) is 0 Å². The van der Waals surface area contributed by atoms with Crippen molar-refractivity contribution in [2.75, 3.05) is 0 Å². The zero-order chi connectivity index (χ0) is 34.2. The van der Waals surface area contributed by atoms with Crippen LogP contribution in [0.1, 0.15) is 11.1 Å². The van der Waals surface area contributed by atoms with E-state index >= 15 is 0 Å². The summed E-state index contributed by atoms with van der Waals surface area (Å²) in [5.41, 5.74) is 6.48. The van der Waals surface area contributed by atoms with E-state index in [4.69, 9.17) is 4.74 Å². The number of aromatic nitrogens is 4. The third-order valence-electron chi connectivity index (χ3n) is 12.4. The van der Waals surface area contributed by atoms with Crippen molar-refractivity contribution in [2.45, 2.75) is 25.2 Å². The van der Waals surface area contributed by atoms with Crippen LogP contribution < -0.4 is 13.9 Å². The number of ether oxygens (including phenoxy) is 1. The van der Waals surface area contributed by atoms with E-state index in [-0.39, 0.29) is 0 Å². The van der Waals surface area contributed by atoms with Gasteiger partial charge in [0, 0.05) is 37.4 Å². The Morgan fingerprint density at radius 2 is 1.06 bits per heavy atom. The maximum absolute atomic E-state index is 7.11. The highest BCUT2D eigenvalue weighted by molar-refractivity contribution is 8.34. The molecule has 10 aromatic rings. The van der Waals surface area contributed by atoms with Crippen LogP contribution >= 0.6 is 10.0 Å². The molecule has 4 aliphatic rings. The molecule has 14 rings (SSSR count). The molecule has 0 saturated heterocycles. The maximum atomic E-state index is 7.11. The van der Waals surface area contributed by atoms with Crippen molar-refractivity contribution < 1.29 is 13.9 Å². The van der Waals surface area contributed by atoms with Gasteiger partial charge in [0.05, 0.1) is 22.2 Å². The fourth-order valence-electron chi connectivity index (χ4n) is 10.6. The van der Waals surface area contributed by atoms with E-state index in [2.05, 4.69) is 188 Å². The molecule has 4 aliphatic heterocycles. The van der Waals surface area contributed by atoms with E-state index < -0.39 is 15.7 Å². The van der Waals surface area contributed by atoms with Crippen LogP contribution in [0.15, 0.2) is 190 Å². The fraction of sp³-hybridized carbons (Fsp3) is 0.0213. The lowest BCUT2D eigenvalue weighted by atomic mass is 9.81. The summed E-state index contributed by atoms with van der Waals surface area (Å²) in [7, 11) is -1.97. The molecule has 6 aromatic carbocycles. The molecule has 0 fully saturated rings. The number of para-hydroxylation sites is 2. The van der Waals surface area contributed by atoms with E-state index in [1.807, 2.05) is 0 Å². The van der Waals surface area contributed by atoms with Gasteiger partial charge in [-0.3, -0.25) is 0 Å². The van der Waals surface area contributed by atoms with Gasteiger partial charge >= 0.3 is 11.5 Å². The first-order valence-electron chi connectivity index (χ1n) is 18.2. The summed E-state index contributed by atoms with van der Waals surface area (Å²) in [6.07, 6.45) is 4.62. The Bertz CT molecular complexity index is 3290. The second-order valence-electron chi connectivity index (χ2n) is 14.5. The Morgan fingerprint density at radius 3 is 1.83 bits per heavy atom. The largest absolute Gasteiger partial charge is 0.456 e. The first-order valence-corrected chi connectivity index (χ1v) is 19.8. The number of hydrogen-bond donors (Lipinski definition) is 0. The minimum Gasteiger partial charge on any atom is -0.456 e. The first-order chi connectivity index (χ1) is 26.3. The third-order valence-corrected chi connectivity index (χ3v) is 16.3. The van der Waals surface area contributed by atoms with Crippen LogP contribution in [0, 0.1) is 0 Å². The van der Waals surface area contributed by atoms with Crippen molar-refractivity contribution in [1.82, 2.24) is 9.13 Å². The molecule has 8 heterocycles. The van der Waals surface area contributed by atoms with E-state index in [0.29, 0.717) is 0 Å². The molecule has 0 aliphatic carbocycles. The summed E-state index contributed by atoms with van der Waals surface area (Å²) in [5, 5.41) is 5.00. The van der Waals surface area contributed by atoms with Crippen molar-refractivity contribution in [3.05, 3.63) is 181 Å². The molecule has 53 heavy (non-hydrogen) atoms.